The van der Waals surface area contributed by atoms with Crippen molar-refractivity contribution in [3.63, 3.8) is 0 Å². The summed E-state index contributed by atoms with van der Waals surface area (Å²) >= 11 is 0.499. The molecule has 0 aromatic carbocycles. The fraction of sp³-hybridized carbons (Fsp3) is 0.500. The lowest BCUT2D eigenvalue weighted by Crippen LogP contribution is -2.09. The first-order valence-corrected chi connectivity index (χ1v) is 4.38. The van der Waals surface area contributed by atoms with Crippen molar-refractivity contribution in [3.8, 4) is 0 Å². The van der Waals surface area contributed by atoms with E-state index in [1.807, 2.05) is 0 Å². The number of hydrogen-bond donors (Lipinski definition) is 2. The average molecular weight is 169 g/mol. The fourth-order valence-corrected chi connectivity index (χ4v) is 1.22. The van der Waals surface area contributed by atoms with E-state index in [4.69, 9.17) is 11.1 Å². The molecule has 0 amide bonds. The van der Waals surface area contributed by atoms with Gasteiger partial charge >= 0.3 is 0 Å². The molecule has 0 saturated heterocycles. The van der Waals surface area contributed by atoms with Crippen molar-refractivity contribution < 1.29 is 13.0 Å². The van der Waals surface area contributed by atoms with Crippen LogP contribution >= 0.6 is 11.8 Å². The van der Waals surface area contributed by atoms with Gasteiger partial charge in [-0.15, -0.1) is 0 Å². The summed E-state index contributed by atoms with van der Waals surface area (Å²) in [7, 11) is -4.23. The zero-order valence-electron chi connectivity index (χ0n) is 4.33. The van der Waals surface area contributed by atoms with Gasteiger partial charge in [-0.1, -0.05) is 11.8 Å². The van der Waals surface area contributed by atoms with E-state index in [1.54, 1.807) is 0 Å². The maximum Gasteiger partial charge on any atom is 0.152 e. The van der Waals surface area contributed by atoms with Crippen molar-refractivity contribution in [2.75, 3.05) is 5.08 Å². The minimum atomic E-state index is -4.23. The van der Waals surface area contributed by atoms with Gasteiger partial charge in [-0.2, -0.15) is 0 Å². The number of amidine groups is 1. The van der Waals surface area contributed by atoms with Crippen LogP contribution in [0.3, 0.4) is 0 Å². The highest BCUT2D eigenvalue weighted by molar-refractivity contribution is 8.20. The summed E-state index contributed by atoms with van der Waals surface area (Å²) in [6.45, 7) is 0. The summed E-state index contributed by atoms with van der Waals surface area (Å²) < 4.78 is 29.4. The lowest BCUT2D eigenvalue weighted by molar-refractivity contribution is 0.469. The van der Waals surface area contributed by atoms with Crippen LogP contribution in [0, 0.1) is 5.41 Å². The largest absolute Gasteiger partial charge is 0.747 e. The van der Waals surface area contributed by atoms with Crippen LogP contribution in [0.5, 0.6) is 0 Å². The Morgan fingerprint density at radius 1 is 1.78 bits per heavy atom. The second-order valence-electron chi connectivity index (χ2n) is 1.18. The zero-order chi connectivity index (χ0) is 7.49. The zero-order valence-corrected chi connectivity index (χ0v) is 5.96. The van der Waals surface area contributed by atoms with Crippen molar-refractivity contribution in [2.24, 2.45) is 5.73 Å². The molecular weight excluding hydrogens is 164 g/mol. The molecule has 0 aromatic rings. The van der Waals surface area contributed by atoms with Gasteiger partial charge in [-0.25, -0.2) is 8.42 Å². The monoisotopic (exact) mass is 169 g/mol. The van der Waals surface area contributed by atoms with Crippen LogP contribution < -0.4 is 5.73 Å². The highest BCUT2D eigenvalue weighted by Gasteiger charge is 1.95. The van der Waals surface area contributed by atoms with Gasteiger partial charge in [0, 0.05) is 0 Å². The molecule has 0 aliphatic carbocycles. The molecule has 9 heavy (non-hydrogen) atoms. The molecule has 0 radical (unpaired) electrons. The van der Waals surface area contributed by atoms with Gasteiger partial charge in [0.05, 0.1) is 5.08 Å². The van der Waals surface area contributed by atoms with Gasteiger partial charge in [0.25, 0.3) is 0 Å². The third kappa shape index (κ3) is 7.73. The first-order valence-electron chi connectivity index (χ1n) is 1.82. The minimum Gasteiger partial charge on any atom is -0.747 e. The van der Waals surface area contributed by atoms with Gasteiger partial charge in [-0.3, -0.25) is 5.41 Å². The van der Waals surface area contributed by atoms with Crippen LogP contribution in [-0.2, 0) is 10.1 Å². The summed E-state index contributed by atoms with van der Waals surface area (Å²) in [6, 6.07) is 0. The maximum absolute atomic E-state index is 9.81. The molecule has 0 aliphatic heterocycles. The molecule has 0 bridgehead atoms. The van der Waals surface area contributed by atoms with Crippen LogP contribution in [-0.4, -0.2) is 23.2 Å². The van der Waals surface area contributed by atoms with E-state index in [1.165, 1.54) is 0 Å². The maximum atomic E-state index is 9.81. The Balaban J connectivity index is 3.67. The number of hydrogen-bond acceptors (Lipinski definition) is 5. The molecule has 0 aliphatic rings. The molecule has 5 nitrogen and oxygen atoms in total. The highest BCUT2D eigenvalue weighted by Crippen LogP contribution is 2.00. The Labute approximate surface area is 56.9 Å². The molecule has 54 valence electrons. The predicted octanol–water partition coefficient (Wildman–Crippen LogP) is -0.884. The standard InChI is InChI=1S/C2H6N2O3S2/c3-2(4)8-1-9(5,6)7/h1H2,(H3,3,4)(H,5,6,7)/p-1. The van der Waals surface area contributed by atoms with Crippen LogP contribution in [0.1, 0.15) is 0 Å². The summed E-state index contributed by atoms with van der Waals surface area (Å²) in [4.78, 5) is 0. The normalized spacial score (nSPS) is 11.2. The second-order valence-corrected chi connectivity index (χ2v) is 3.97. The lowest BCUT2D eigenvalue weighted by Gasteiger charge is -2.03. The Hall–Kier alpha value is -0.270. The van der Waals surface area contributed by atoms with Crippen molar-refractivity contribution in [2.45, 2.75) is 0 Å². The molecule has 0 saturated carbocycles. The lowest BCUT2D eigenvalue weighted by atomic mass is 11.4. The fourth-order valence-electron chi connectivity index (χ4n) is 0.136. The van der Waals surface area contributed by atoms with Gasteiger partial charge in [-0.05, 0) is 0 Å². The molecule has 3 N–H and O–H groups in total. The Morgan fingerprint density at radius 2 is 2.22 bits per heavy atom. The van der Waals surface area contributed by atoms with Crippen molar-refractivity contribution in [1.29, 1.82) is 5.41 Å². The summed E-state index contributed by atoms with van der Waals surface area (Å²) in [5, 5.41) is 5.48. The topological polar surface area (TPSA) is 107 Å². The quantitative estimate of drug-likeness (QED) is 0.317. The first kappa shape index (κ1) is 8.73. The smallest absolute Gasteiger partial charge is 0.152 e. The van der Waals surface area contributed by atoms with Crippen molar-refractivity contribution >= 4 is 27.0 Å². The number of nitrogens with two attached hydrogens (primary N) is 1. The van der Waals surface area contributed by atoms with E-state index in [-0.39, 0.29) is 5.17 Å². The molecule has 0 unspecified atom stereocenters. The molecule has 0 heterocycles. The van der Waals surface area contributed by atoms with E-state index < -0.39 is 15.2 Å². The van der Waals surface area contributed by atoms with E-state index >= 15 is 0 Å². The predicted molar refractivity (Wildman–Crippen MR) is 34.1 cm³/mol. The summed E-state index contributed by atoms with van der Waals surface area (Å²) in [5.74, 6) is 0. The first-order chi connectivity index (χ1) is 3.92. The SMILES string of the molecule is N=C(N)SCS(=O)(=O)[O-]. The Morgan fingerprint density at radius 3 is 2.33 bits per heavy atom. The number of nitrogens with one attached hydrogen (secondary N) is 1. The van der Waals surface area contributed by atoms with Crippen LogP contribution in [0.4, 0.5) is 0 Å². The Bertz CT molecular complexity index is 196. The van der Waals surface area contributed by atoms with Gasteiger partial charge in [0.1, 0.15) is 10.1 Å². The van der Waals surface area contributed by atoms with E-state index in [9.17, 15) is 13.0 Å². The molecular formula is C2H5N2O3S2-. The molecule has 0 fully saturated rings. The van der Waals surface area contributed by atoms with E-state index in [2.05, 4.69) is 0 Å². The van der Waals surface area contributed by atoms with Crippen molar-refractivity contribution in [3.05, 3.63) is 0 Å². The van der Waals surface area contributed by atoms with Crippen LogP contribution in [0.2, 0.25) is 0 Å². The molecule has 0 atom stereocenters. The van der Waals surface area contributed by atoms with Crippen molar-refractivity contribution in [1.82, 2.24) is 0 Å². The third-order valence-electron chi connectivity index (χ3n) is 0.359. The number of thioether (sulfide) groups is 1. The molecule has 0 aromatic heterocycles. The third-order valence-corrected chi connectivity index (χ3v) is 2.30. The Kier molecular flexibility index (Phi) is 2.95. The molecule has 0 spiro atoms. The minimum absolute atomic E-state index is 0.366. The summed E-state index contributed by atoms with van der Waals surface area (Å²) in [5.41, 5.74) is 4.74. The molecule has 0 rings (SSSR count). The van der Waals surface area contributed by atoms with Gasteiger partial charge < -0.3 is 10.3 Å². The van der Waals surface area contributed by atoms with E-state index in [0.717, 1.165) is 0 Å². The summed E-state index contributed by atoms with van der Waals surface area (Å²) in [6.07, 6.45) is 0. The van der Waals surface area contributed by atoms with Crippen LogP contribution in [0.25, 0.3) is 0 Å². The second kappa shape index (κ2) is 3.04. The van der Waals surface area contributed by atoms with Crippen LogP contribution in [0.15, 0.2) is 0 Å². The van der Waals surface area contributed by atoms with Gasteiger partial charge in [0.15, 0.2) is 5.17 Å². The van der Waals surface area contributed by atoms with Gasteiger partial charge in [0.2, 0.25) is 0 Å². The van der Waals surface area contributed by atoms with E-state index in [0.29, 0.717) is 11.8 Å². The highest BCUT2D eigenvalue weighted by atomic mass is 32.3. The molecule has 7 heteroatoms. The number of rotatable bonds is 2. The average Bonchev–Trinajstić information content (AvgIpc) is 1.59.